The maximum Gasteiger partial charge on any atom is 0.216 e. The molecule has 2 aliphatic rings. The summed E-state index contributed by atoms with van der Waals surface area (Å²) in [4.78, 5) is 0. The van der Waals surface area contributed by atoms with E-state index in [9.17, 15) is 13.5 Å². The van der Waals surface area contributed by atoms with Gasteiger partial charge in [0.1, 0.15) is 0 Å². The molecular weight excluding hydrogens is 308 g/mol. The summed E-state index contributed by atoms with van der Waals surface area (Å²) in [6.07, 6.45) is 4.20. The molecule has 1 aromatic rings. The van der Waals surface area contributed by atoms with E-state index in [0.717, 1.165) is 12.8 Å². The van der Waals surface area contributed by atoms with E-state index in [2.05, 4.69) is 10.3 Å². The van der Waals surface area contributed by atoms with Crippen molar-refractivity contribution in [3.8, 4) is 0 Å². The molecule has 1 aliphatic carbocycles. The molecule has 22 heavy (non-hydrogen) atoms. The molecule has 0 bridgehead atoms. The summed E-state index contributed by atoms with van der Waals surface area (Å²) in [5.41, 5.74) is 0. The van der Waals surface area contributed by atoms with Crippen LogP contribution in [0.1, 0.15) is 25.8 Å². The maximum absolute atomic E-state index is 12.6. The van der Waals surface area contributed by atoms with Gasteiger partial charge in [0.15, 0.2) is 0 Å². The summed E-state index contributed by atoms with van der Waals surface area (Å²) >= 11 is 0. The Bertz CT molecular complexity index is 587. The number of ether oxygens (including phenoxy) is 1. The molecule has 124 valence electrons. The molecule has 2 heterocycles. The van der Waals surface area contributed by atoms with E-state index < -0.39 is 16.1 Å². The van der Waals surface area contributed by atoms with Gasteiger partial charge < -0.3 is 9.84 Å². The van der Waals surface area contributed by atoms with Gasteiger partial charge in [-0.3, -0.25) is 0 Å². The molecule has 1 aliphatic heterocycles. The Morgan fingerprint density at radius 3 is 2.77 bits per heavy atom. The third-order valence-electron chi connectivity index (χ3n) is 4.30. The van der Waals surface area contributed by atoms with Crippen LogP contribution < -0.4 is 0 Å². The molecule has 3 rings (SSSR count). The van der Waals surface area contributed by atoms with Crippen molar-refractivity contribution < 1.29 is 18.3 Å². The fourth-order valence-corrected chi connectivity index (χ4v) is 4.69. The Hall–Kier alpha value is -1.03. The van der Waals surface area contributed by atoms with Gasteiger partial charge in [0.05, 0.1) is 30.2 Å². The molecule has 2 fully saturated rings. The van der Waals surface area contributed by atoms with Gasteiger partial charge in [-0.15, -0.1) is 5.10 Å². The van der Waals surface area contributed by atoms with Crippen LogP contribution in [-0.4, -0.2) is 70.5 Å². The van der Waals surface area contributed by atoms with Gasteiger partial charge in [0.2, 0.25) is 10.0 Å². The fourth-order valence-electron chi connectivity index (χ4n) is 2.93. The second-order valence-corrected chi connectivity index (χ2v) is 7.96. The molecule has 1 N–H and O–H groups in total. The summed E-state index contributed by atoms with van der Waals surface area (Å²) in [6, 6.07) is -0.385. The Morgan fingerprint density at radius 2 is 2.18 bits per heavy atom. The molecule has 3 atom stereocenters. The molecular formula is C13H22N4O4S. The van der Waals surface area contributed by atoms with Crippen molar-refractivity contribution in [1.29, 1.82) is 0 Å². The molecule has 0 spiro atoms. The van der Waals surface area contributed by atoms with Crippen LogP contribution in [0.2, 0.25) is 0 Å². The molecule has 8 nitrogen and oxygen atoms in total. The molecule has 1 unspecified atom stereocenters. The number of aliphatic hydroxyl groups excluding tert-OH is 1. The highest BCUT2D eigenvalue weighted by atomic mass is 32.2. The number of aliphatic hydroxyl groups is 1. The zero-order valence-corrected chi connectivity index (χ0v) is 13.4. The standard InChI is InChI=1S/C13H22N4O4S/c1-2-21-13(10-3-4-10)9-22(19,20)16-7-11(12(18)8-16)17-6-5-14-15-17/h5-6,10-13,18H,2-4,7-9H2,1H3/t11-,12-,13?/m1/s1. The number of β-amino-alcohol motifs (C(OH)–C–C–N with tert-alkyl or cyclic N) is 1. The summed E-state index contributed by atoms with van der Waals surface area (Å²) < 4.78 is 33.7. The van der Waals surface area contributed by atoms with E-state index in [1.165, 1.54) is 15.2 Å². The van der Waals surface area contributed by atoms with Crippen LogP contribution in [0.3, 0.4) is 0 Å². The topological polar surface area (TPSA) is 97.6 Å². The minimum absolute atomic E-state index is 0.0116. The lowest BCUT2D eigenvalue weighted by Crippen LogP contribution is -2.37. The van der Waals surface area contributed by atoms with Crippen LogP contribution in [-0.2, 0) is 14.8 Å². The van der Waals surface area contributed by atoms with Crippen LogP contribution in [0.25, 0.3) is 0 Å². The Labute approximate surface area is 130 Å². The van der Waals surface area contributed by atoms with E-state index >= 15 is 0 Å². The Morgan fingerprint density at radius 1 is 1.41 bits per heavy atom. The van der Waals surface area contributed by atoms with Crippen molar-refractivity contribution in [2.75, 3.05) is 25.4 Å². The van der Waals surface area contributed by atoms with Crippen molar-refractivity contribution in [3.05, 3.63) is 12.4 Å². The quantitative estimate of drug-likeness (QED) is 0.733. The normalized spacial score (nSPS) is 28.1. The first-order valence-corrected chi connectivity index (χ1v) is 9.25. The first kappa shape index (κ1) is 15.9. The third-order valence-corrected chi connectivity index (χ3v) is 6.14. The lowest BCUT2D eigenvalue weighted by molar-refractivity contribution is 0.0623. The van der Waals surface area contributed by atoms with Crippen molar-refractivity contribution in [2.24, 2.45) is 5.92 Å². The van der Waals surface area contributed by atoms with Crippen LogP contribution in [0.15, 0.2) is 12.4 Å². The van der Waals surface area contributed by atoms with E-state index in [4.69, 9.17) is 4.74 Å². The van der Waals surface area contributed by atoms with Gasteiger partial charge in [-0.2, -0.15) is 4.31 Å². The first-order chi connectivity index (χ1) is 10.5. The van der Waals surface area contributed by atoms with Gasteiger partial charge in [-0.25, -0.2) is 13.1 Å². The molecule has 9 heteroatoms. The van der Waals surface area contributed by atoms with Gasteiger partial charge in [0.25, 0.3) is 0 Å². The Kier molecular flexibility index (Phi) is 4.49. The molecule has 1 saturated heterocycles. The molecule has 0 radical (unpaired) electrons. The first-order valence-electron chi connectivity index (χ1n) is 7.64. The second-order valence-electron chi connectivity index (χ2n) is 5.94. The van der Waals surface area contributed by atoms with E-state index in [1.807, 2.05) is 6.92 Å². The predicted octanol–water partition coefficient (Wildman–Crippen LogP) is -0.359. The highest BCUT2D eigenvalue weighted by molar-refractivity contribution is 7.89. The molecule has 0 aromatic carbocycles. The zero-order chi connectivity index (χ0) is 15.7. The number of hydrogen-bond acceptors (Lipinski definition) is 6. The lowest BCUT2D eigenvalue weighted by atomic mass is 10.2. The minimum Gasteiger partial charge on any atom is -0.389 e. The monoisotopic (exact) mass is 330 g/mol. The lowest BCUT2D eigenvalue weighted by Gasteiger charge is -2.21. The number of rotatable bonds is 7. The van der Waals surface area contributed by atoms with Gasteiger partial charge in [0, 0.05) is 25.9 Å². The summed E-state index contributed by atoms with van der Waals surface area (Å²) in [5, 5.41) is 17.7. The average molecular weight is 330 g/mol. The van der Waals surface area contributed by atoms with Gasteiger partial charge in [-0.1, -0.05) is 5.21 Å². The smallest absolute Gasteiger partial charge is 0.216 e. The number of nitrogens with zero attached hydrogens (tertiary/aromatic N) is 4. The largest absolute Gasteiger partial charge is 0.389 e. The number of aromatic nitrogens is 3. The predicted molar refractivity (Wildman–Crippen MR) is 78.6 cm³/mol. The molecule has 1 aromatic heterocycles. The average Bonchev–Trinajstić information content (AvgIpc) is 3.02. The highest BCUT2D eigenvalue weighted by Gasteiger charge is 2.42. The van der Waals surface area contributed by atoms with Gasteiger partial charge >= 0.3 is 0 Å². The minimum atomic E-state index is -3.46. The number of sulfonamides is 1. The Balaban J connectivity index is 1.67. The van der Waals surface area contributed by atoms with Crippen molar-refractivity contribution in [3.63, 3.8) is 0 Å². The fraction of sp³-hybridized carbons (Fsp3) is 0.846. The van der Waals surface area contributed by atoms with Crippen LogP contribution in [0, 0.1) is 5.92 Å². The van der Waals surface area contributed by atoms with E-state index in [1.54, 1.807) is 6.20 Å². The maximum atomic E-state index is 12.6. The van der Waals surface area contributed by atoms with Crippen molar-refractivity contribution >= 4 is 10.0 Å². The zero-order valence-electron chi connectivity index (χ0n) is 12.6. The molecule has 0 amide bonds. The van der Waals surface area contributed by atoms with E-state index in [0.29, 0.717) is 12.5 Å². The second kappa shape index (κ2) is 6.23. The van der Waals surface area contributed by atoms with Crippen LogP contribution >= 0.6 is 0 Å². The van der Waals surface area contributed by atoms with Crippen LogP contribution in [0.5, 0.6) is 0 Å². The summed E-state index contributed by atoms with van der Waals surface area (Å²) in [5.74, 6) is 0.343. The highest BCUT2D eigenvalue weighted by Crippen LogP contribution is 2.36. The van der Waals surface area contributed by atoms with Crippen LogP contribution in [0.4, 0.5) is 0 Å². The molecule has 1 saturated carbocycles. The summed E-state index contributed by atoms with van der Waals surface area (Å²) in [6.45, 7) is 2.70. The van der Waals surface area contributed by atoms with E-state index in [-0.39, 0.29) is 31.0 Å². The summed E-state index contributed by atoms with van der Waals surface area (Å²) in [7, 11) is -3.46. The van der Waals surface area contributed by atoms with Crippen molar-refractivity contribution in [1.82, 2.24) is 19.3 Å². The number of hydrogen-bond donors (Lipinski definition) is 1. The van der Waals surface area contributed by atoms with Gasteiger partial charge in [-0.05, 0) is 25.7 Å². The SMILES string of the molecule is CCOC(CS(=O)(=O)N1C[C@@H](O)[C@H](n2ccnn2)C1)C1CC1. The third kappa shape index (κ3) is 3.32. The van der Waals surface area contributed by atoms with Crippen molar-refractivity contribution in [2.45, 2.75) is 38.0 Å².